The molecule has 4 rings (SSSR count). The minimum Gasteiger partial charge on any atom is -0.353 e. The third-order valence-electron chi connectivity index (χ3n) is 5.06. The van der Waals surface area contributed by atoms with Gasteiger partial charge in [-0.05, 0) is 12.5 Å². The van der Waals surface area contributed by atoms with Gasteiger partial charge in [0.15, 0.2) is 5.72 Å². The number of amides is 2. The van der Waals surface area contributed by atoms with E-state index >= 15 is 0 Å². The highest BCUT2D eigenvalue weighted by atomic mass is 35.5. The zero-order valence-electron chi connectivity index (χ0n) is 12.4. The van der Waals surface area contributed by atoms with Crippen LogP contribution in [-0.2, 0) is 16.6 Å². The van der Waals surface area contributed by atoms with E-state index < -0.39 is 5.72 Å². The molecule has 2 atom stereocenters. The molecule has 1 aromatic rings. The minimum atomic E-state index is -0.597. The number of aromatic nitrogens is 1. The number of ether oxygens (including phenoxy) is 1. The summed E-state index contributed by atoms with van der Waals surface area (Å²) in [6.45, 7) is 1.99. The summed E-state index contributed by atoms with van der Waals surface area (Å²) in [7, 11) is 1.80. The number of carbonyl (C=O) groups is 2. The van der Waals surface area contributed by atoms with Gasteiger partial charge < -0.3 is 19.1 Å². The summed E-state index contributed by atoms with van der Waals surface area (Å²) >= 11 is 5.98. The molecule has 3 fully saturated rings. The molecule has 22 heavy (non-hydrogen) atoms. The summed E-state index contributed by atoms with van der Waals surface area (Å²) < 4.78 is 7.74. The van der Waals surface area contributed by atoms with Crippen LogP contribution in [0.1, 0.15) is 29.8 Å². The lowest BCUT2D eigenvalue weighted by molar-refractivity contribution is -0.179. The van der Waals surface area contributed by atoms with Crippen molar-refractivity contribution >= 4 is 23.4 Å². The zero-order chi connectivity index (χ0) is 15.5. The van der Waals surface area contributed by atoms with Crippen LogP contribution in [-0.4, -0.2) is 57.6 Å². The first kappa shape index (κ1) is 14.1. The van der Waals surface area contributed by atoms with Crippen LogP contribution in [0, 0.1) is 0 Å². The fourth-order valence-corrected chi connectivity index (χ4v) is 4.33. The quantitative estimate of drug-likeness (QED) is 0.781. The monoisotopic (exact) mass is 323 g/mol. The van der Waals surface area contributed by atoms with Gasteiger partial charge in [0, 0.05) is 32.8 Å². The normalized spacial score (nSPS) is 30.6. The second kappa shape index (κ2) is 4.73. The van der Waals surface area contributed by atoms with Gasteiger partial charge in [0.2, 0.25) is 5.91 Å². The number of hydrogen-bond donors (Lipinski definition) is 0. The average molecular weight is 324 g/mol. The van der Waals surface area contributed by atoms with Gasteiger partial charge in [0.25, 0.3) is 5.91 Å². The van der Waals surface area contributed by atoms with Crippen LogP contribution < -0.4 is 0 Å². The fraction of sp³-hybridized carbons (Fsp3) is 0.600. The summed E-state index contributed by atoms with van der Waals surface area (Å²) in [6, 6.07) is 1.48. The van der Waals surface area contributed by atoms with Gasteiger partial charge in [0.1, 0.15) is 5.69 Å². The summed E-state index contributed by atoms with van der Waals surface area (Å²) in [6.07, 6.45) is 3.61. The second-order valence-corrected chi connectivity index (χ2v) is 6.65. The Morgan fingerprint density at radius 3 is 3.00 bits per heavy atom. The molecule has 1 spiro atoms. The average Bonchev–Trinajstić information content (AvgIpc) is 3.08. The van der Waals surface area contributed by atoms with E-state index in [-0.39, 0.29) is 17.9 Å². The third-order valence-corrected chi connectivity index (χ3v) is 5.27. The Bertz CT molecular complexity index is 658. The van der Waals surface area contributed by atoms with Gasteiger partial charge in [-0.1, -0.05) is 11.6 Å². The maximum absolute atomic E-state index is 12.9. The van der Waals surface area contributed by atoms with Crippen LogP contribution in [0.3, 0.4) is 0 Å². The number of hydrogen-bond acceptors (Lipinski definition) is 3. The molecule has 6 nitrogen and oxygen atoms in total. The number of halogens is 1. The van der Waals surface area contributed by atoms with Crippen LogP contribution in [0.5, 0.6) is 0 Å². The highest BCUT2D eigenvalue weighted by Crippen LogP contribution is 2.45. The Morgan fingerprint density at radius 2 is 2.27 bits per heavy atom. The van der Waals surface area contributed by atoms with Crippen molar-refractivity contribution in [3.63, 3.8) is 0 Å². The Morgan fingerprint density at radius 1 is 1.45 bits per heavy atom. The number of rotatable bonds is 1. The zero-order valence-corrected chi connectivity index (χ0v) is 13.2. The van der Waals surface area contributed by atoms with Gasteiger partial charge in [-0.2, -0.15) is 0 Å². The SMILES string of the molecule is Cn1cc(Cl)cc1C(=O)N1CC[C@@]23OCCCN2C(=O)C[C@@H]13. The van der Waals surface area contributed by atoms with E-state index in [2.05, 4.69) is 0 Å². The van der Waals surface area contributed by atoms with Crippen molar-refractivity contribution in [1.29, 1.82) is 0 Å². The van der Waals surface area contributed by atoms with E-state index in [1.807, 2.05) is 4.90 Å². The molecule has 0 N–H and O–H groups in total. The number of carbonyl (C=O) groups excluding carboxylic acids is 2. The van der Waals surface area contributed by atoms with Gasteiger partial charge in [-0.3, -0.25) is 9.59 Å². The van der Waals surface area contributed by atoms with Crippen molar-refractivity contribution in [3.8, 4) is 0 Å². The van der Waals surface area contributed by atoms with Crippen LogP contribution in [0.4, 0.5) is 0 Å². The molecule has 118 valence electrons. The maximum Gasteiger partial charge on any atom is 0.270 e. The van der Waals surface area contributed by atoms with E-state index in [9.17, 15) is 9.59 Å². The molecule has 3 aliphatic heterocycles. The lowest BCUT2D eigenvalue weighted by atomic mass is 10.0. The summed E-state index contributed by atoms with van der Waals surface area (Å²) in [5.41, 5.74) is -0.0521. The van der Waals surface area contributed by atoms with Crippen molar-refractivity contribution < 1.29 is 14.3 Å². The van der Waals surface area contributed by atoms with Crippen molar-refractivity contribution in [3.05, 3.63) is 23.0 Å². The summed E-state index contributed by atoms with van der Waals surface area (Å²) in [4.78, 5) is 28.8. The summed E-state index contributed by atoms with van der Waals surface area (Å²) in [5, 5.41) is 0.540. The molecule has 7 heteroatoms. The molecular weight excluding hydrogens is 306 g/mol. The molecule has 3 saturated heterocycles. The van der Waals surface area contributed by atoms with Crippen molar-refractivity contribution in [2.75, 3.05) is 19.7 Å². The smallest absolute Gasteiger partial charge is 0.270 e. The first-order valence-corrected chi connectivity index (χ1v) is 7.98. The summed E-state index contributed by atoms with van der Waals surface area (Å²) in [5.74, 6) is 0.00668. The molecule has 0 saturated carbocycles. The Kier molecular flexibility index (Phi) is 3.03. The molecule has 0 bridgehead atoms. The standard InChI is InChI=1S/C15H18ClN3O3/c1-17-9-10(16)7-11(17)14(21)18-5-3-15-12(18)8-13(20)19(15)4-2-6-22-15/h7,9,12H,2-6,8H2,1H3/t12-,15+/m1/s1. The van der Waals surface area contributed by atoms with Crippen LogP contribution in [0.2, 0.25) is 5.02 Å². The highest BCUT2D eigenvalue weighted by Gasteiger charge is 2.61. The molecule has 4 heterocycles. The second-order valence-electron chi connectivity index (χ2n) is 6.22. The molecule has 3 aliphatic rings. The minimum absolute atomic E-state index is 0.0832. The predicted molar refractivity (Wildman–Crippen MR) is 79.5 cm³/mol. The van der Waals surface area contributed by atoms with Gasteiger partial charge >= 0.3 is 0 Å². The van der Waals surface area contributed by atoms with Crippen molar-refractivity contribution in [2.24, 2.45) is 7.05 Å². The number of aryl methyl sites for hydroxylation is 1. The van der Waals surface area contributed by atoms with Crippen molar-refractivity contribution in [1.82, 2.24) is 14.4 Å². The molecule has 0 aliphatic carbocycles. The Labute approximate surface area is 133 Å². The van der Waals surface area contributed by atoms with Gasteiger partial charge in [0.05, 0.1) is 24.1 Å². The lowest BCUT2D eigenvalue weighted by Crippen LogP contribution is -2.56. The van der Waals surface area contributed by atoms with Crippen LogP contribution in [0.15, 0.2) is 12.3 Å². The first-order chi connectivity index (χ1) is 10.5. The third kappa shape index (κ3) is 1.77. The first-order valence-electron chi connectivity index (χ1n) is 7.60. The van der Waals surface area contributed by atoms with E-state index in [1.165, 1.54) is 0 Å². The molecular formula is C15H18ClN3O3. The maximum atomic E-state index is 12.9. The fourth-order valence-electron chi connectivity index (χ4n) is 4.08. The predicted octanol–water partition coefficient (Wildman–Crippen LogP) is 1.24. The molecule has 1 aromatic heterocycles. The van der Waals surface area contributed by atoms with Crippen LogP contribution in [0.25, 0.3) is 0 Å². The largest absolute Gasteiger partial charge is 0.353 e. The van der Waals surface area contributed by atoms with Crippen LogP contribution >= 0.6 is 11.6 Å². The van der Waals surface area contributed by atoms with E-state index in [4.69, 9.17) is 16.3 Å². The van der Waals surface area contributed by atoms with Gasteiger partial charge in [-0.25, -0.2) is 0 Å². The number of nitrogens with zero attached hydrogens (tertiary/aromatic N) is 3. The number of likely N-dealkylation sites (tertiary alicyclic amines) is 1. The van der Waals surface area contributed by atoms with E-state index in [1.54, 1.807) is 28.8 Å². The molecule has 2 amide bonds. The lowest BCUT2D eigenvalue weighted by Gasteiger charge is -2.42. The van der Waals surface area contributed by atoms with Crippen molar-refractivity contribution in [2.45, 2.75) is 31.0 Å². The van der Waals surface area contributed by atoms with Gasteiger partial charge in [-0.15, -0.1) is 0 Å². The Hall–Kier alpha value is -1.53. The highest BCUT2D eigenvalue weighted by molar-refractivity contribution is 6.31. The van der Waals surface area contributed by atoms with E-state index in [0.29, 0.717) is 36.7 Å². The molecule has 0 unspecified atom stereocenters. The molecule has 0 aromatic carbocycles. The topological polar surface area (TPSA) is 54.8 Å². The Balaban J connectivity index is 1.66. The molecule has 0 radical (unpaired) electrons. The van der Waals surface area contributed by atoms with E-state index in [0.717, 1.165) is 13.0 Å².